The molecule has 0 radical (unpaired) electrons. The van der Waals surface area contributed by atoms with E-state index in [0.29, 0.717) is 29.7 Å². The number of nitrogens with zero attached hydrogens (tertiary/aromatic N) is 2. The Hall–Kier alpha value is -2.80. The number of halogens is 1. The summed E-state index contributed by atoms with van der Waals surface area (Å²) in [6.45, 7) is 7.84. The van der Waals surface area contributed by atoms with Gasteiger partial charge in [0.2, 0.25) is 5.91 Å². The lowest BCUT2D eigenvalue weighted by Gasteiger charge is -2.27. The van der Waals surface area contributed by atoms with Crippen molar-refractivity contribution >= 4 is 11.9 Å². The normalized spacial score (nSPS) is 12.3. The topological polar surface area (TPSA) is 82.5 Å². The number of aliphatic hydroxyl groups is 1. The van der Waals surface area contributed by atoms with E-state index in [2.05, 4.69) is 10.3 Å². The van der Waals surface area contributed by atoms with Crippen LogP contribution in [0.1, 0.15) is 58.6 Å². The smallest absolute Gasteiger partial charge is 0.324 e. The first kappa shape index (κ1) is 24.5. The molecule has 0 fully saturated rings. The van der Waals surface area contributed by atoms with Gasteiger partial charge in [0.1, 0.15) is 5.82 Å². The monoisotopic (exact) mass is 429 g/mol. The highest BCUT2D eigenvalue weighted by molar-refractivity contribution is 5.94. The predicted octanol–water partition coefficient (Wildman–Crippen LogP) is 4.70. The fourth-order valence-electron chi connectivity index (χ4n) is 3.17. The summed E-state index contributed by atoms with van der Waals surface area (Å²) in [7, 11) is 0. The van der Waals surface area contributed by atoms with Crippen molar-refractivity contribution < 1.29 is 19.1 Å². The maximum Gasteiger partial charge on any atom is 0.324 e. The van der Waals surface area contributed by atoms with Gasteiger partial charge in [0.05, 0.1) is 18.8 Å². The molecule has 0 aliphatic carbocycles. The Morgan fingerprint density at radius 2 is 1.87 bits per heavy atom. The summed E-state index contributed by atoms with van der Waals surface area (Å²) in [5, 5.41) is 12.6. The molecule has 168 valence electrons. The van der Waals surface area contributed by atoms with Crippen molar-refractivity contribution in [2.45, 2.75) is 53.0 Å². The molecule has 0 aliphatic rings. The highest BCUT2D eigenvalue weighted by Crippen LogP contribution is 2.24. The zero-order valence-electron chi connectivity index (χ0n) is 18.7. The van der Waals surface area contributed by atoms with Gasteiger partial charge < -0.3 is 10.4 Å². The molecule has 6 nitrogen and oxygen atoms in total. The number of urea groups is 1. The second-order valence-corrected chi connectivity index (χ2v) is 8.80. The van der Waals surface area contributed by atoms with Gasteiger partial charge in [0.25, 0.3) is 0 Å². The van der Waals surface area contributed by atoms with Crippen LogP contribution in [0.3, 0.4) is 0 Å². The van der Waals surface area contributed by atoms with Gasteiger partial charge in [0, 0.05) is 24.7 Å². The number of hydrogen-bond acceptors (Lipinski definition) is 4. The largest absolute Gasteiger partial charge is 0.394 e. The minimum atomic E-state index is -0.685. The molecule has 1 atom stereocenters. The Balaban J connectivity index is 2.16. The molecule has 2 aromatic rings. The van der Waals surface area contributed by atoms with Crippen LogP contribution in [0.2, 0.25) is 0 Å². The summed E-state index contributed by atoms with van der Waals surface area (Å²) in [5.74, 6) is -0.662. The van der Waals surface area contributed by atoms with Crippen LogP contribution in [0.4, 0.5) is 9.18 Å². The van der Waals surface area contributed by atoms with Crippen molar-refractivity contribution in [1.82, 2.24) is 15.2 Å². The van der Waals surface area contributed by atoms with Crippen molar-refractivity contribution in [2.75, 3.05) is 13.2 Å². The number of hydrogen-bond donors (Lipinski definition) is 2. The molecule has 1 aromatic heterocycles. The minimum Gasteiger partial charge on any atom is -0.394 e. The highest BCUT2D eigenvalue weighted by atomic mass is 19.1. The van der Waals surface area contributed by atoms with E-state index in [1.54, 1.807) is 30.3 Å². The lowest BCUT2D eigenvalue weighted by molar-refractivity contribution is -0.130. The molecule has 0 aliphatic heterocycles. The lowest BCUT2D eigenvalue weighted by Crippen LogP contribution is -2.47. The van der Waals surface area contributed by atoms with Crippen LogP contribution in [-0.4, -0.2) is 40.1 Å². The molecule has 2 rings (SSSR count). The van der Waals surface area contributed by atoms with Gasteiger partial charge in [-0.15, -0.1) is 0 Å². The van der Waals surface area contributed by atoms with Gasteiger partial charge in [-0.1, -0.05) is 58.4 Å². The Kier molecular flexibility index (Phi) is 8.68. The molecule has 7 heteroatoms. The molecule has 0 bridgehead atoms. The first-order chi connectivity index (χ1) is 14.7. The molecule has 3 amide bonds. The van der Waals surface area contributed by atoms with E-state index in [-0.39, 0.29) is 24.3 Å². The predicted molar refractivity (Wildman–Crippen MR) is 119 cm³/mol. The molecule has 1 unspecified atom stereocenters. The van der Waals surface area contributed by atoms with Gasteiger partial charge in [-0.05, 0) is 29.0 Å². The maximum atomic E-state index is 14.0. The molecule has 0 spiro atoms. The standard InChI is InChI=1S/C24H32FN3O3/c1-5-6-13-28(22(30)14-24(2,3)4)23(31)27-21(16-29)18-9-7-17(8-10-18)19-11-12-26-15-20(19)25/h7-12,15,21,29H,5-6,13-14,16H2,1-4H3,(H,27,31). The van der Waals surface area contributed by atoms with E-state index in [1.807, 2.05) is 27.7 Å². The van der Waals surface area contributed by atoms with Gasteiger partial charge >= 0.3 is 6.03 Å². The summed E-state index contributed by atoms with van der Waals surface area (Å²) in [5.41, 5.74) is 1.50. The third kappa shape index (κ3) is 7.14. The highest BCUT2D eigenvalue weighted by Gasteiger charge is 2.27. The number of nitrogens with one attached hydrogen (secondary N) is 1. The number of pyridine rings is 1. The number of carbonyl (C=O) groups is 2. The van der Waals surface area contributed by atoms with Gasteiger partial charge in [0.15, 0.2) is 0 Å². The summed E-state index contributed by atoms with van der Waals surface area (Å²) < 4.78 is 14.0. The number of carbonyl (C=O) groups excluding carboxylic acids is 2. The molecule has 2 N–H and O–H groups in total. The van der Waals surface area contributed by atoms with Crippen LogP contribution >= 0.6 is 0 Å². The molecular formula is C24H32FN3O3. The number of aliphatic hydroxyl groups excluding tert-OH is 1. The average molecular weight is 430 g/mol. The maximum absolute atomic E-state index is 14.0. The first-order valence-electron chi connectivity index (χ1n) is 10.6. The average Bonchev–Trinajstić information content (AvgIpc) is 2.71. The van der Waals surface area contributed by atoms with Crippen LogP contribution in [0, 0.1) is 11.2 Å². The van der Waals surface area contributed by atoms with Crippen molar-refractivity contribution in [1.29, 1.82) is 0 Å². The summed E-state index contributed by atoms with van der Waals surface area (Å²) in [6.07, 6.45) is 4.48. The fraction of sp³-hybridized carbons (Fsp3) is 0.458. The van der Waals surface area contributed by atoms with Crippen molar-refractivity contribution in [3.05, 3.63) is 54.1 Å². The van der Waals surface area contributed by atoms with Crippen LogP contribution < -0.4 is 5.32 Å². The summed E-state index contributed by atoms with van der Waals surface area (Å²) in [4.78, 5) is 30.6. The Morgan fingerprint density at radius 1 is 1.19 bits per heavy atom. The van der Waals surface area contributed by atoms with Crippen molar-refractivity contribution in [3.63, 3.8) is 0 Å². The number of imide groups is 1. The lowest BCUT2D eigenvalue weighted by atomic mass is 9.91. The van der Waals surface area contributed by atoms with Gasteiger partial charge in [-0.3, -0.25) is 14.7 Å². The summed E-state index contributed by atoms with van der Waals surface area (Å²) >= 11 is 0. The molecule has 31 heavy (non-hydrogen) atoms. The quantitative estimate of drug-likeness (QED) is 0.637. The van der Waals surface area contributed by atoms with Crippen molar-refractivity contribution in [3.8, 4) is 11.1 Å². The third-order valence-corrected chi connectivity index (χ3v) is 4.84. The number of benzene rings is 1. The molecular weight excluding hydrogens is 397 g/mol. The van der Waals surface area contributed by atoms with E-state index in [0.717, 1.165) is 12.6 Å². The summed E-state index contributed by atoms with van der Waals surface area (Å²) in [6, 6.07) is 7.28. The zero-order chi connectivity index (χ0) is 23.0. The van der Waals surface area contributed by atoms with E-state index in [1.165, 1.54) is 11.1 Å². The Labute approximate surface area is 183 Å². The molecule has 1 aromatic carbocycles. The fourth-order valence-corrected chi connectivity index (χ4v) is 3.17. The van der Waals surface area contributed by atoms with E-state index < -0.39 is 17.9 Å². The van der Waals surface area contributed by atoms with Crippen molar-refractivity contribution in [2.24, 2.45) is 5.41 Å². The van der Waals surface area contributed by atoms with Crippen LogP contribution in [0.15, 0.2) is 42.7 Å². The third-order valence-electron chi connectivity index (χ3n) is 4.84. The number of unbranched alkanes of at least 4 members (excludes halogenated alkanes) is 1. The number of amides is 3. The molecule has 1 heterocycles. The Morgan fingerprint density at radius 3 is 2.42 bits per heavy atom. The Bertz CT molecular complexity index is 878. The van der Waals surface area contributed by atoms with Gasteiger partial charge in [-0.25, -0.2) is 9.18 Å². The van der Waals surface area contributed by atoms with Crippen LogP contribution in [0.25, 0.3) is 11.1 Å². The van der Waals surface area contributed by atoms with Gasteiger partial charge in [-0.2, -0.15) is 0 Å². The van der Waals surface area contributed by atoms with E-state index in [4.69, 9.17) is 0 Å². The first-order valence-corrected chi connectivity index (χ1v) is 10.6. The zero-order valence-corrected chi connectivity index (χ0v) is 18.7. The number of aromatic nitrogens is 1. The van der Waals surface area contributed by atoms with Crippen LogP contribution in [-0.2, 0) is 4.79 Å². The van der Waals surface area contributed by atoms with Crippen LogP contribution in [0.5, 0.6) is 0 Å². The van der Waals surface area contributed by atoms with E-state index in [9.17, 15) is 19.1 Å². The molecule has 0 saturated carbocycles. The number of rotatable bonds is 8. The minimum absolute atomic E-state index is 0.237. The second kappa shape index (κ2) is 11.0. The van der Waals surface area contributed by atoms with E-state index >= 15 is 0 Å². The second-order valence-electron chi connectivity index (χ2n) is 8.80. The SMILES string of the molecule is CCCCN(C(=O)CC(C)(C)C)C(=O)NC(CO)c1ccc(-c2ccncc2F)cc1. The molecule has 0 saturated heterocycles.